The molecule has 0 bridgehead atoms. The third kappa shape index (κ3) is 3.48. The van der Waals surface area contributed by atoms with Crippen LogP contribution in [-0.4, -0.2) is 54.1 Å². The van der Waals surface area contributed by atoms with Gasteiger partial charge < -0.3 is 14.7 Å². The quantitative estimate of drug-likeness (QED) is 0.851. The predicted octanol–water partition coefficient (Wildman–Crippen LogP) is 1.64. The molecule has 0 aliphatic carbocycles. The van der Waals surface area contributed by atoms with Gasteiger partial charge in [-0.05, 0) is 24.1 Å². The van der Waals surface area contributed by atoms with Gasteiger partial charge in [-0.2, -0.15) is 0 Å². The van der Waals surface area contributed by atoms with Crippen molar-refractivity contribution in [1.82, 2.24) is 14.7 Å². The molecule has 1 fully saturated rings. The third-order valence-electron chi connectivity index (χ3n) is 3.38. The Bertz CT molecular complexity index is 551. The SMILES string of the molecule is CN1CN(C(=O)CCc2ccc(F)c(F)c2)CN(C)C1=O. The van der Waals surface area contributed by atoms with E-state index in [0.29, 0.717) is 12.0 Å². The van der Waals surface area contributed by atoms with Crippen LogP contribution in [0.5, 0.6) is 0 Å². The van der Waals surface area contributed by atoms with Crippen LogP contribution >= 0.6 is 0 Å². The van der Waals surface area contributed by atoms with Gasteiger partial charge in [0, 0.05) is 20.5 Å². The highest BCUT2D eigenvalue weighted by molar-refractivity contribution is 5.80. The first-order valence-electron chi connectivity index (χ1n) is 6.56. The van der Waals surface area contributed by atoms with Crippen LogP contribution in [0.3, 0.4) is 0 Å². The molecule has 1 aromatic carbocycles. The van der Waals surface area contributed by atoms with Crippen molar-refractivity contribution in [2.24, 2.45) is 0 Å². The van der Waals surface area contributed by atoms with Gasteiger partial charge in [0.05, 0.1) is 13.3 Å². The number of nitrogens with zero attached hydrogens (tertiary/aromatic N) is 3. The molecule has 5 nitrogen and oxygen atoms in total. The smallest absolute Gasteiger partial charge is 0.310 e. The van der Waals surface area contributed by atoms with Crippen molar-refractivity contribution >= 4 is 11.9 Å². The predicted molar refractivity (Wildman–Crippen MR) is 72.2 cm³/mol. The Morgan fingerprint density at radius 1 is 1.14 bits per heavy atom. The summed E-state index contributed by atoms with van der Waals surface area (Å²) in [5.41, 5.74) is 0.567. The van der Waals surface area contributed by atoms with Crippen molar-refractivity contribution in [2.75, 3.05) is 27.4 Å². The fraction of sp³-hybridized carbons (Fsp3) is 0.429. The van der Waals surface area contributed by atoms with Gasteiger partial charge in [0.1, 0.15) is 0 Å². The van der Waals surface area contributed by atoms with E-state index < -0.39 is 11.6 Å². The van der Waals surface area contributed by atoms with Gasteiger partial charge in [-0.15, -0.1) is 0 Å². The second kappa shape index (κ2) is 6.07. The van der Waals surface area contributed by atoms with E-state index in [0.717, 1.165) is 12.1 Å². The van der Waals surface area contributed by atoms with Gasteiger partial charge in [-0.1, -0.05) is 6.07 Å². The highest BCUT2D eigenvalue weighted by Gasteiger charge is 2.27. The molecule has 1 heterocycles. The van der Waals surface area contributed by atoms with E-state index in [2.05, 4.69) is 0 Å². The van der Waals surface area contributed by atoms with E-state index in [4.69, 9.17) is 0 Å². The Labute approximate surface area is 121 Å². The lowest BCUT2D eigenvalue weighted by molar-refractivity contribution is -0.136. The normalized spacial score (nSPS) is 15.6. The zero-order chi connectivity index (χ0) is 15.6. The van der Waals surface area contributed by atoms with Crippen molar-refractivity contribution in [3.8, 4) is 0 Å². The van der Waals surface area contributed by atoms with Gasteiger partial charge >= 0.3 is 6.03 Å². The summed E-state index contributed by atoms with van der Waals surface area (Å²) < 4.78 is 25.9. The number of halogens is 2. The molecule has 2 rings (SSSR count). The maximum atomic E-state index is 13.1. The monoisotopic (exact) mass is 297 g/mol. The Hall–Kier alpha value is -2.18. The van der Waals surface area contributed by atoms with Crippen molar-refractivity contribution in [2.45, 2.75) is 12.8 Å². The molecule has 7 heteroatoms. The van der Waals surface area contributed by atoms with Crippen LogP contribution in [0.25, 0.3) is 0 Å². The molecule has 1 aromatic rings. The van der Waals surface area contributed by atoms with Crippen LogP contribution < -0.4 is 0 Å². The fourth-order valence-electron chi connectivity index (χ4n) is 2.23. The highest BCUT2D eigenvalue weighted by atomic mass is 19.2. The number of amides is 3. The minimum absolute atomic E-state index is 0.133. The molecule has 1 saturated heterocycles. The van der Waals surface area contributed by atoms with E-state index in [1.54, 1.807) is 19.0 Å². The van der Waals surface area contributed by atoms with E-state index in [9.17, 15) is 18.4 Å². The summed E-state index contributed by atoms with van der Waals surface area (Å²) >= 11 is 0. The minimum atomic E-state index is -0.914. The Morgan fingerprint density at radius 3 is 2.33 bits per heavy atom. The number of urea groups is 1. The van der Waals surface area contributed by atoms with E-state index in [1.807, 2.05) is 0 Å². The molecular formula is C14H17F2N3O2. The molecule has 3 amide bonds. The van der Waals surface area contributed by atoms with Crippen molar-refractivity contribution < 1.29 is 18.4 Å². The summed E-state index contributed by atoms with van der Waals surface area (Å²) in [6, 6.07) is 3.47. The first kappa shape index (κ1) is 15.2. The van der Waals surface area contributed by atoms with E-state index >= 15 is 0 Å². The molecule has 0 atom stereocenters. The van der Waals surface area contributed by atoms with Gasteiger partial charge in [-0.3, -0.25) is 4.79 Å². The standard InChI is InChI=1S/C14H17F2N3O2/c1-17-8-19(9-18(2)14(17)21)13(20)6-4-10-3-5-11(15)12(16)7-10/h3,5,7H,4,6,8-9H2,1-2H3. The third-order valence-corrected chi connectivity index (χ3v) is 3.38. The Balaban J connectivity index is 1.92. The number of aryl methyl sites for hydroxylation is 1. The first-order valence-corrected chi connectivity index (χ1v) is 6.56. The van der Waals surface area contributed by atoms with Gasteiger partial charge in [0.2, 0.25) is 5.91 Å². The van der Waals surface area contributed by atoms with Crippen LogP contribution in [0.1, 0.15) is 12.0 Å². The summed E-state index contributed by atoms with van der Waals surface area (Å²) in [4.78, 5) is 28.1. The molecule has 1 aliphatic rings. The van der Waals surface area contributed by atoms with Gasteiger partial charge in [0.15, 0.2) is 11.6 Å². The summed E-state index contributed by atoms with van der Waals surface area (Å²) in [7, 11) is 3.24. The lowest BCUT2D eigenvalue weighted by Gasteiger charge is -2.38. The summed E-state index contributed by atoms with van der Waals surface area (Å²) in [6.45, 7) is 0.472. The van der Waals surface area contributed by atoms with Crippen LogP contribution in [-0.2, 0) is 11.2 Å². The van der Waals surface area contributed by atoms with Crippen LogP contribution in [0, 0.1) is 11.6 Å². The Morgan fingerprint density at radius 2 is 1.76 bits per heavy atom. The van der Waals surface area contributed by atoms with E-state index in [1.165, 1.54) is 15.9 Å². The molecule has 0 radical (unpaired) electrons. The number of carbonyl (C=O) groups is 2. The largest absolute Gasteiger partial charge is 0.322 e. The molecule has 0 saturated carbocycles. The van der Waals surface area contributed by atoms with Crippen LogP contribution in [0.4, 0.5) is 13.6 Å². The lowest BCUT2D eigenvalue weighted by atomic mass is 10.1. The second-order valence-electron chi connectivity index (χ2n) is 5.14. The van der Waals surface area contributed by atoms with Crippen LogP contribution in [0.2, 0.25) is 0 Å². The van der Waals surface area contributed by atoms with Crippen LogP contribution in [0.15, 0.2) is 18.2 Å². The first-order chi connectivity index (χ1) is 9.88. The van der Waals surface area contributed by atoms with Crippen molar-refractivity contribution in [3.63, 3.8) is 0 Å². The second-order valence-corrected chi connectivity index (χ2v) is 5.14. The zero-order valence-electron chi connectivity index (χ0n) is 12.0. The average molecular weight is 297 g/mol. The summed E-state index contributed by atoms with van der Waals surface area (Å²) in [6.07, 6.45) is 0.509. The lowest BCUT2D eigenvalue weighted by Crippen LogP contribution is -2.56. The fourth-order valence-corrected chi connectivity index (χ4v) is 2.23. The van der Waals surface area contributed by atoms with Crippen molar-refractivity contribution in [3.05, 3.63) is 35.4 Å². The number of carbonyl (C=O) groups excluding carboxylic acids is 2. The number of hydrogen-bond donors (Lipinski definition) is 0. The molecule has 0 unspecified atom stereocenters. The number of benzene rings is 1. The van der Waals surface area contributed by atoms with E-state index in [-0.39, 0.29) is 31.7 Å². The topological polar surface area (TPSA) is 43.9 Å². The molecule has 114 valence electrons. The van der Waals surface area contributed by atoms with Gasteiger partial charge in [-0.25, -0.2) is 13.6 Å². The average Bonchev–Trinajstić information content (AvgIpc) is 2.45. The number of rotatable bonds is 3. The van der Waals surface area contributed by atoms with Crippen molar-refractivity contribution in [1.29, 1.82) is 0 Å². The minimum Gasteiger partial charge on any atom is -0.310 e. The molecule has 1 aliphatic heterocycles. The molecule has 0 N–H and O–H groups in total. The maximum absolute atomic E-state index is 13.1. The Kier molecular flexibility index (Phi) is 4.40. The molecule has 21 heavy (non-hydrogen) atoms. The van der Waals surface area contributed by atoms with Gasteiger partial charge in [0.25, 0.3) is 0 Å². The zero-order valence-corrected chi connectivity index (χ0v) is 12.0. The summed E-state index contributed by atoms with van der Waals surface area (Å²) in [5.74, 6) is -1.95. The summed E-state index contributed by atoms with van der Waals surface area (Å²) in [5, 5.41) is 0. The molecule has 0 aromatic heterocycles. The highest BCUT2D eigenvalue weighted by Crippen LogP contribution is 2.13. The molecular weight excluding hydrogens is 280 g/mol. The maximum Gasteiger partial charge on any atom is 0.322 e. The number of hydrogen-bond acceptors (Lipinski definition) is 2. The molecule has 0 spiro atoms.